The molecule has 18 heavy (non-hydrogen) atoms. The van der Waals surface area contributed by atoms with Gasteiger partial charge in [-0.15, -0.1) is 0 Å². The van der Waals surface area contributed by atoms with Crippen LogP contribution in [0.3, 0.4) is 0 Å². The molecule has 0 bridgehead atoms. The predicted molar refractivity (Wildman–Crippen MR) is 71.5 cm³/mol. The molecule has 1 aliphatic rings. The number of H-pyrrole nitrogens is 1. The lowest BCUT2D eigenvalue weighted by Crippen LogP contribution is -2.02. The predicted octanol–water partition coefficient (Wildman–Crippen LogP) is 2.87. The topological polar surface area (TPSA) is 42.8 Å². The zero-order valence-corrected chi connectivity index (χ0v) is 11.0. The van der Waals surface area contributed by atoms with E-state index in [0.717, 1.165) is 22.8 Å². The van der Waals surface area contributed by atoms with Crippen LogP contribution in [0, 0.1) is 4.77 Å². The van der Waals surface area contributed by atoms with Gasteiger partial charge in [-0.05, 0) is 42.8 Å². The summed E-state index contributed by atoms with van der Waals surface area (Å²) in [6.45, 7) is 0. The van der Waals surface area contributed by atoms with Crippen LogP contribution in [0.5, 0.6) is 5.75 Å². The largest absolute Gasteiger partial charge is 0.497 e. The lowest BCUT2D eigenvalue weighted by atomic mass is 10.1. The van der Waals surface area contributed by atoms with E-state index in [9.17, 15) is 0 Å². The molecule has 3 rings (SSSR count). The number of aromatic amines is 1. The van der Waals surface area contributed by atoms with Crippen LogP contribution in [-0.2, 0) is 6.42 Å². The third-order valence-corrected chi connectivity index (χ3v) is 3.50. The molecule has 1 fully saturated rings. The summed E-state index contributed by atoms with van der Waals surface area (Å²) in [6.07, 6.45) is 3.22. The summed E-state index contributed by atoms with van der Waals surface area (Å²) in [5.74, 6) is 1.90. The normalized spacial score (nSPS) is 14.7. The Morgan fingerprint density at radius 1 is 1.39 bits per heavy atom. The van der Waals surface area contributed by atoms with Crippen molar-refractivity contribution in [2.24, 2.45) is 0 Å². The van der Waals surface area contributed by atoms with Crippen molar-refractivity contribution in [1.82, 2.24) is 14.8 Å². The van der Waals surface area contributed by atoms with Crippen molar-refractivity contribution < 1.29 is 4.74 Å². The average Bonchev–Trinajstić information content (AvgIpc) is 3.16. The smallest absolute Gasteiger partial charge is 0.195 e. The lowest BCUT2D eigenvalue weighted by Gasteiger charge is -2.05. The maximum Gasteiger partial charge on any atom is 0.195 e. The molecule has 0 saturated heterocycles. The monoisotopic (exact) mass is 261 g/mol. The molecule has 0 radical (unpaired) electrons. The SMILES string of the molecule is COc1ccc(Cc2n[nH]c(=S)n2C2CC2)cc1. The number of benzene rings is 1. The van der Waals surface area contributed by atoms with Crippen molar-refractivity contribution in [3.05, 3.63) is 40.4 Å². The molecule has 5 heteroatoms. The number of ether oxygens (including phenoxy) is 1. The van der Waals surface area contributed by atoms with Crippen molar-refractivity contribution in [3.63, 3.8) is 0 Å². The van der Waals surface area contributed by atoms with Gasteiger partial charge in [0.15, 0.2) is 4.77 Å². The van der Waals surface area contributed by atoms with Gasteiger partial charge in [0.1, 0.15) is 11.6 Å². The molecule has 1 aliphatic carbocycles. The van der Waals surface area contributed by atoms with Gasteiger partial charge in [-0.2, -0.15) is 5.10 Å². The second-order valence-electron chi connectivity index (χ2n) is 4.57. The minimum Gasteiger partial charge on any atom is -0.497 e. The minimum absolute atomic E-state index is 0.560. The molecule has 0 amide bonds. The fourth-order valence-corrected chi connectivity index (χ4v) is 2.40. The van der Waals surface area contributed by atoms with E-state index in [4.69, 9.17) is 17.0 Å². The third kappa shape index (κ3) is 2.18. The number of hydrogen-bond acceptors (Lipinski definition) is 3. The third-order valence-electron chi connectivity index (χ3n) is 3.21. The van der Waals surface area contributed by atoms with Gasteiger partial charge in [-0.1, -0.05) is 12.1 Å². The summed E-state index contributed by atoms with van der Waals surface area (Å²) in [5.41, 5.74) is 1.21. The van der Waals surface area contributed by atoms with Crippen LogP contribution < -0.4 is 4.74 Å². The second-order valence-corrected chi connectivity index (χ2v) is 4.96. The summed E-state index contributed by atoms with van der Waals surface area (Å²) in [6, 6.07) is 8.63. The van der Waals surface area contributed by atoms with Crippen molar-refractivity contribution >= 4 is 12.2 Å². The summed E-state index contributed by atoms with van der Waals surface area (Å²) in [7, 11) is 1.67. The van der Waals surface area contributed by atoms with Gasteiger partial charge in [-0.25, -0.2) is 0 Å². The first-order chi connectivity index (χ1) is 8.78. The highest BCUT2D eigenvalue weighted by molar-refractivity contribution is 7.71. The number of rotatable bonds is 4. The lowest BCUT2D eigenvalue weighted by molar-refractivity contribution is 0.414. The molecule has 1 N–H and O–H groups in total. The Bertz CT molecular complexity index is 595. The Morgan fingerprint density at radius 2 is 2.11 bits per heavy atom. The zero-order chi connectivity index (χ0) is 12.5. The van der Waals surface area contributed by atoms with Gasteiger partial charge in [0, 0.05) is 12.5 Å². The average molecular weight is 261 g/mol. The number of nitrogens with zero attached hydrogens (tertiary/aromatic N) is 2. The molecule has 1 aromatic heterocycles. The van der Waals surface area contributed by atoms with E-state index in [-0.39, 0.29) is 0 Å². The Kier molecular flexibility index (Phi) is 2.91. The number of hydrogen-bond donors (Lipinski definition) is 1. The Hall–Kier alpha value is -1.62. The summed E-state index contributed by atoms with van der Waals surface area (Å²) < 4.78 is 8.04. The molecule has 1 saturated carbocycles. The van der Waals surface area contributed by atoms with E-state index in [1.807, 2.05) is 12.1 Å². The molecule has 0 spiro atoms. The van der Waals surface area contributed by atoms with Gasteiger partial charge < -0.3 is 9.30 Å². The zero-order valence-electron chi connectivity index (χ0n) is 10.2. The van der Waals surface area contributed by atoms with Gasteiger partial charge in [0.05, 0.1) is 7.11 Å². The fraction of sp³-hybridized carbons (Fsp3) is 0.385. The molecule has 1 aromatic carbocycles. The van der Waals surface area contributed by atoms with Crippen LogP contribution in [-0.4, -0.2) is 21.9 Å². The minimum atomic E-state index is 0.560. The Labute approximate surface area is 111 Å². The molecular formula is C13H15N3OS. The summed E-state index contributed by atoms with van der Waals surface area (Å²) >= 11 is 5.27. The van der Waals surface area contributed by atoms with Crippen LogP contribution in [0.1, 0.15) is 30.3 Å². The highest BCUT2D eigenvalue weighted by atomic mass is 32.1. The number of methoxy groups -OCH3 is 1. The van der Waals surface area contributed by atoms with Gasteiger partial charge in [-0.3, -0.25) is 5.10 Å². The molecule has 94 valence electrons. The van der Waals surface area contributed by atoms with E-state index in [1.165, 1.54) is 18.4 Å². The Balaban J connectivity index is 1.85. The number of aromatic nitrogens is 3. The molecule has 0 atom stereocenters. The molecule has 4 nitrogen and oxygen atoms in total. The molecular weight excluding hydrogens is 246 g/mol. The van der Waals surface area contributed by atoms with E-state index in [2.05, 4.69) is 26.9 Å². The van der Waals surface area contributed by atoms with E-state index in [0.29, 0.717) is 6.04 Å². The quantitative estimate of drug-likeness (QED) is 0.861. The second kappa shape index (κ2) is 4.57. The highest BCUT2D eigenvalue weighted by Crippen LogP contribution is 2.36. The first kappa shape index (κ1) is 11.5. The van der Waals surface area contributed by atoms with Crippen LogP contribution in [0.25, 0.3) is 0 Å². The van der Waals surface area contributed by atoms with Gasteiger partial charge in [0.25, 0.3) is 0 Å². The first-order valence-electron chi connectivity index (χ1n) is 6.06. The summed E-state index contributed by atoms with van der Waals surface area (Å²) in [4.78, 5) is 0. The van der Waals surface area contributed by atoms with Crippen LogP contribution in [0.4, 0.5) is 0 Å². The molecule has 2 aromatic rings. The van der Waals surface area contributed by atoms with Crippen LogP contribution >= 0.6 is 12.2 Å². The van der Waals surface area contributed by atoms with Crippen molar-refractivity contribution in [3.8, 4) is 5.75 Å². The van der Waals surface area contributed by atoms with E-state index >= 15 is 0 Å². The fourth-order valence-electron chi connectivity index (χ4n) is 2.10. The number of nitrogens with one attached hydrogen (secondary N) is 1. The van der Waals surface area contributed by atoms with Crippen molar-refractivity contribution in [2.75, 3.05) is 7.11 Å². The van der Waals surface area contributed by atoms with Crippen molar-refractivity contribution in [2.45, 2.75) is 25.3 Å². The van der Waals surface area contributed by atoms with Gasteiger partial charge in [0.2, 0.25) is 0 Å². The Morgan fingerprint density at radius 3 is 2.72 bits per heavy atom. The van der Waals surface area contributed by atoms with Gasteiger partial charge >= 0.3 is 0 Å². The van der Waals surface area contributed by atoms with E-state index < -0.39 is 0 Å². The molecule has 0 aliphatic heterocycles. The maximum absolute atomic E-state index is 5.27. The van der Waals surface area contributed by atoms with Crippen LogP contribution in [0.15, 0.2) is 24.3 Å². The first-order valence-corrected chi connectivity index (χ1v) is 6.47. The highest BCUT2D eigenvalue weighted by Gasteiger charge is 2.27. The molecule has 1 heterocycles. The summed E-state index contributed by atoms with van der Waals surface area (Å²) in [5, 5.41) is 7.22. The van der Waals surface area contributed by atoms with Crippen molar-refractivity contribution in [1.29, 1.82) is 0 Å². The standard InChI is InChI=1S/C13H15N3OS/c1-17-11-6-2-9(3-7-11)8-12-14-15-13(18)16(12)10-4-5-10/h2-3,6-7,10H,4-5,8H2,1H3,(H,15,18). The maximum atomic E-state index is 5.27. The van der Waals surface area contributed by atoms with E-state index in [1.54, 1.807) is 7.11 Å². The van der Waals surface area contributed by atoms with Crippen LogP contribution in [0.2, 0.25) is 0 Å². The molecule has 0 unspecified atom stereocenters.